The Kier molecular flexibility index (Phi) is 2.04. The first kappa shape index (κ1) is 9.77. The van der Waals surface area contributed by atoms with Gasteiger partial charge in [-0.25, -0.2) is 15.0 Å². The predicted octanol–water partition coefficient (Wildman–Crippen LogP) is 1.91. The number of anilines is 1. The van der Waals surface area contributed by atoms with Crippen molar-refractivity contribution in [3.63, 3.8) is 0 Å². The van der Waals surface area contributed by atoms with Crippen LogP contribution in [0.2, 0.25) is 0 Å². The topological polar surface area (TPSA) is 80.5 Å². The van der Waals surface area contributed by atoms with Crippen molar-refractivity contribution in [1.29, 1.82) is 0 Å². The molecular formula is C12H11N5. The molecular weight excluding hydrogens is 214 g/mol. The van der Waals surface area contributed by atoms with Crippen molar-refractivity contribution >= 4 is 16.7 Å². The number of nitrogen functional groups attached to an aromatic ring is 1. The van der Waals surface area contributed by atoms with Crippen LogP contribution in [-0.2, 0) is 0 Å². The van der Waals surface area contributed by atoms with Gasteiger partial charge in [-0.15, -0.1) is 0 Å². The fraction of sp³-hybridized carbons (Fsp3) is 0.0833. The molecule has 0 unspecified atom stereocenters. The molecule has 0 amide bonds. The van der Waals surface area contributed by atoms with Crippen LogP contribution in [0.15, 0.2) is 30.7 Å². The molecule has 0 fully saturated rings. The number of hydrogen-bond donors (Lipinski definition) is 2. The summed E-state index contributed by atoms with van der Waals surface area (Å²) in [5.74, 6) is 0.719. The molecule has 0 aliphatic heterocycles. The van der Waals surface area contributed by atoms with Gasteiger partial charge in [-0.1, -0.05) is 0 Å². The number of fused-ring (bicyclic) bond motifs is 1. The molecule has 0 aromatic carbocycles. The molecule has 0 aliphatic rings. The molecule has 3 N–H and O–H groups in total. The summed E-state index contributed by atoms with van der Waals surface area (Å²) in [7, 11) is 0. The van der Waals surface area contributed by atoms with Crippen molar-refractivity contribution in [2.24, 2.45) is 0 Å². The maximum absolute atomic E-state index is 6.13. The van der Waals surface area contributed by atoms with Crippen molar-refractivity contribution < 1.29 is 0 Å². The summed E-state index contributed by atoms with van der Waals surface area (Å²) in [6.45, 7) is 1.85. The van der Waals surface area contributed by atoms with Gasteiger partial charge in [-0.2, -0.15) is 0 Å². The van der Waals surface area contributed by atoms with Crippen LogP contribution in [-0.4, -0.2) is 19.9 Å². The zero-order valence-corrected chi connectivity index (χ0v) is 9.31. The lowest BCUT2D eigenvalue weighted by Gasteiger charge is -2.05. The van der Waals surface area contributed by atoms with Gasteiger partial charge in [0, 0.05) is 29.5 Å². The van der Waals surface area contributed by atoms with Gasteiger partial charge < -0.3 is 10.7 Å². The van der Waals surface area contributed by atoms with E-state index >= 15 is 0 Å². The Morgan fingerprint density at radius 2 is 2.12 bits per heavy atom. The first-order valence-electron chi connectivity index (χ1n) is 5.27. The number of rotatable bonds is 1. The predicted molar refractivity (Wildman–Crippen MR) is 66.3 cm³/mol. The highest BCUT2D eigenvalue weighted by atomic mass is 14.9. The lowest BCUT2D eigenvalue weighted by Crippen LogP contribution is -1.96. The largest absolute Gasteiger partial charge is 0.398 e. The van der Waals surface area contributed by atoms with Crippen LogP contribution in [0.4, 0.5) is 5.69 Å². The van der Waals surface area contributed by atoms with Gasteiger partial charge in [0.2, 0.25) is 0 Å². The summed E-state index contributed by atoms with van der Waals surface area (Å²) in [5, 5.41) is 0.916. The molecule has 0 bridgehead atoms. The third-order valence-corrected chi connectivity index (χ3v) is 2.68. The molecule has 3 aromatic heterocycles. The molecule has 3 heterocycles. The van der Waals surface area contributed by atoms with Crippen molar-refractivity contribution in [2.75, 3.05) is 5.73 Å². The van der Waals surface area contributed by atoms with Crippen molar-refractivity contribution in [2.45, 2.75) is 6.92 Å². The van der Waals surface area contributed by atoms with E-state index in [0.717, 1.165) is 28.1 Å². The van der Waals surface area contributed by atoms with Crippen LogP contribution in [0, 0.1) is 6.92 Å². The lowest BCUT2D eigenvalue weighted by molar-refractivity contribution is 1.06. The van der Waals surface area contributed by atoms with Crippen LogP contribution < -0.4 is 5.73 Å². The van der Waals surface area contributed by atoms with Gasteiger partial charge in [0.1, 0.15) is 11.5 Å². The molecule has 5 heteroatoms. The zero-order chi connectivity index (χ0) is 11.8. The van der Waals surface area contributed by atoms with Gasteiger partial charge >= 0.3 is 0 Å². The van der Waals surface area contributed by atoms with E-state index in [0.29, 0.717) is 5.69 Å². The van der Waals surface area contributed by atoms with Gasteiger partial charge in [0.25, 0.3) is 0 Å². The van der Waals surface area contributed by atoms with Gasteiger partial charge in [-0.05, 0) is 19.1 Å². The summed E-state index contributed by atoms with van der Waals surface area (Å²) >= 11 is 0. The maximum atomic E-state index is 6.13. The molecule has 3 aromatic rings. The summed E-state index contributed by atoms with van der Waals surface area (Å²) in [4.78, 5) is 15.8. The number of aromatic amines is 1. The van der Waals surface area contributed by atoms with Gasteiger partial charge in [0.05, 0.1) is 11.4 Å². The third-order valence-electron chi connectivity index (χ3n) is 2.68. The third kappa shape index (κ3) is 1.52. The second kappa shape index (κ2) is 3.55. The van der Waals surface area contributed by atoms with E-state index in [-0.39, 0.29) is 0 Å². The van der Waals surface area contributed by atoms with Crippen LogP contribution >= 0.6 is 0 Å². The average Bonchev–Trinajstić information content (AvgIpc) is 2.78. The van der Waals surface area contributed by atoms with Gasteiger partial charge in [0.15, 0.2) is 0 Å². The Bertz CT molecular complexity index is 686. The maximum Gasteiger partial charge on any atom is 0.139 e. The number of aryl methyl sites for hydroxylation is 1. The van der Waals surface area contributed by atoms with Crippen LogP contribution in [0.3, 0.4) is 0 Å². The first-order chi connectivity index (χ1) is 8.25. The van der Waals surface area contributed by atoms with Gasteiger partial charge in [-0.3, -0.25) is 0 Å². The molecule has 0 saturated carbocycles. The zero-order valence-electron chi connectivity index (χ0n) is 9.31. The second-order valence-electron chi connectivity index (χ2n) is 3.81. The second-order valence-corrected chi connectivity index (χ2v) is 3.81. The highest BCUT2D eigenvalue weighted by Gasteiger charge is 2.09. The summed E-state index contributed by atoms with van der Waals surface area (Å²) in [6.07, 6.45) is 5.28. The molecule has 0 aliphatic carbocycles. The molecule has 5 nitrogen and oxygen atoms in total. The van der Waals surface area contributed by atoms with E-state index in [1.165, 1.54) is 0 Å². The van der Waals surface area contributed by atoms with E-state index < -0.39 is 0 Å². The molecule has 17 heavy (non-hydrogen) atoms. The SMILES string of the molecule is Cc1nccc(-c2cnc3[nH]ccc3c2N)n1. The van der Waals surface area contributed by atoms with E-state index in [4.69, 9.17) is 5.73 Å². The van der Waals surface area contributed by atoms with Crippen molar-refractivity contribution in [3.8, 4) is 11.3 Å². The Morgan fingerprint density at radius 1 is 1.24 bits per heavy atom. The minimum absolute atomic E-state index is 0.689. The number of nitrogens with zero attached hydrogens (tertiary/aromatic N) is 3. The molecule has 84 valence electrons. The van der Waals surface area contributed by atoms with Crippen molar-refractivity contribution in [3.05, 3.63) is 36.5 Å². The summed E-state index contributed by atoms with van der Waals surface area (Å²) in [5.41, 5.74) is 9.24. The highest BCUT2D eigenvalue weighted by molar-refractivity contribution is 5.96. The number of nitrogens with two attached hydrogens (primary N) is 1. The Hall–Kier alpha value is -2.43. The lowest BCUT2D eigenvalue weighted by atomic mass is 10.1. The number of aromatic nitrogens is 4. The number of pyridine rings is 1. The van der Waals surface area contributed by atoms with E-state index in [1.54, 1.807) is 12.4 Å². The fourth-order valence-electron chi connectivity index (χ4n) is 1.84. The highest BCUT2D eigenvalue weighted by Crippen LogP contribution is 2.29. The minimum Gasteiger partial charge on any atom is -0.398 e. The van der Waals surface area contributed by atoms with Crippen LogP contribution in [0.25, 0.3) is 22.3 Å². The number of H-pyrrole nitrogens is 1. The monoisotopic (exact) mass is 225 g/mol. The van der Waals surface area contributed by atoms with E-state index in [2.05, 4.69) is 19.9 Å². The molecule has 0 atom stereocenters. The first-order valence-corrected chi connectivity index (χ1v) is 5.27. The summed E-state index contributed by atoms with van der Waals surface area (Å²) < 4.78 is 0. The quantitative estimate of drug-likeness (QED) is 0.663. The Labute approximate surface area is 97.7 Å². The normalized spacial score (nSPS) is 10.9. The molecule has 0 spiro atoms. The Morgan fingerprint density at radius 3 is 2.94 bits per heavy atom. The molecule has 3 rings (SSSR count). The van der Waals surface area contributed by atoms with Crippen molar-refractivity contribution in [1.82, 2.24) is 19.9 Å². The minimum atomic E-state index is 0.689. The van der Waals surface area contributed by atoms with E-state index in [9.17, 15) is 0 Å². The molecule has 0 saturated heterocycles. The van der Waals surface area contributed by atoms with E-state index in [1.807, 2.05) is 25.3 Å². The number of hydrogen-bond acceptors (Lipinski definition) is 4. The van der Waals surface area contributed by atoms with Crippen LogP contribution in [0.1, 0.15) is 5.82 Å². The fourth-order valence-corrected chi connectivity index (χ4v) is 1.84. The average molecular weight is 225 g/mol. The summed E-state index contributed by atoms with van der Waals surface area (Å²) in [6, 6.07) is 3.74. The Balaban J connectivity index is 2.27. The van der Waals surface area contributed by atoms with Crippen LogP contribution in [0.5, 0.6) is 0 Å². The number of nitrogens with one attached hydrogen (secondary N) is 1. The molecule has 0 radical (unpaired) electrons. The smallest absolute Gasteiger partial charge is 0.139 e. The standard InChI is InChI=1S/C12H11N5/c1-7-14-5-3-10(17-7)9-6-16-12-8(11(9)13)2-4-15-12/h2-6H,1H3,(H3,13,15,16).